The standard InChI is InChI=1S/C12H12Cl2N4O/c1-12(16,5-15)6-18-11(19-2)8-3-7(13)4-9(14)10(8)17-18/h3-4H,6,16H2,1-2H3. The number of fused-ring (bicyclic) bond motifs is 1. The summed E-state index contributed by atoms with van der Waals surface area (Å²) >= 11 is 12.1. The van der Waals surface area contributed by atoms with Crippen LogP contribution in [0.3, 0.4) is 0 Å². The maximum Gasteiger partial charge on any atom is 0.219 e. The molecule has 2 aromatic rings. The molecule has 100 valence electrons. The number of aromatic nitrogens is 2. The number of halogens is 2. The second-order valence-corrected chi connectivity index (χ2v) is 5.32. The van der Waals surface area contributed by atoms with Crippen LogP contribution in [0.1, 0.15) is 6.92 Å². The minimum Gasteiger partial charge on any atom is -0.481 e. The Morgan fingerprint density at radius 3 is 2.79 bits per heavy atom. The summed E-state index contributed by atoms with van der Waals surface area (Å²) in [5.74, 6) is 0.478. The van der Waals surface area contributed by atoms with Gasteiger partial charge in [0.05, 0.1) is 30.1 Å². The van der Waals surface area contributed by atoms with Crippen LogP contribution in [-0.4, -0.2) is 22.4 Å². The third kappa shape index (κ3) is 2.61. The van der Waals surface area contributed by atoms with Crippen molar-refractivity contribution < 1.29 is 4.74 Å². The van der Waals surface area contributed by atoms with Gasteiger partial charge in [0.1, 0.15) is 11.1 Å². The summed E-state index contributed by atoms with van der Waals surface area (Å²) < 4.78 is 6.84. The van der Waals surface area contributed by atoms with Gasteiger partial charge in [0.25, 0.3) is 0 Å². The highest BCUT2D eigenvalue weighted by molar-refractivity contribution is 6.38. The van der Waals surface area contributed by atoms with Crippen molar-refractivity contribution in [3.8, 4) is 11.9 Å². The highest BCUT2D eigenvalue weighted by atomic mass is 35.5. The molecule has 0 spiro atoms. The third-order valence-electron chi connectivity index (χ3n) is 2.64. The molecule has 2 rings (SSSR count). The fraction of sp³-hybridized carbons (Fsp3) is 0.333. The van der Waals surface area contributed by atoms with Crippen LogP contribution in [0.4, 0.5) is 0 Å². The molecule has 0 fully saturated rings. The predicted octanol–water partition coefficient (Wildman–Crippen LogP) is 2.59. The minimum atomic E-state index is -1.05. The summed E-state index contributed by atoms with van der Waals surface area (Å²) in [6.07, 6.45) is 0. The van der Waals surface area contributed by atoms with Crippen molar-refractivity contribution >= 4 is 34.1 Å². The number of hydrogen-bond acceptors (Lipinski definition) is 4. The lowest BCUT2D eigenvalue weighted by molar-refractivity contribution is 0.343. The van der Waals surface area contributed by atoms with Crippen molar-refractivity contribution in [2.45, 2.75) is 19.0 Å². The van der Waals surface area contributed by atoms with Gasteiger partial charge >= 0.3 is 0 Å². The molecule has 5 nitrogen and oxygen atoms in total. The van der Waals surface area contributed by atoms with E-state index in [1.165, 1.54) is 11.8 Å². The maximum atomic E-state index is 8.99. The zero-order valence-electron chi connectivity index (χ0n) is 10.4. The van der Waals surface area contributed by atoms with Gasteiger partial charge in [-0.2, -0.15) is 10.4 Å². The van der Waals surface area contributed by atoms with Gasteiger partial charge in [0.15, 0.2) is 0 Å². The summed E-state index contributed by atoms with van der Waals surface area (Å²) in [6, 6.07) is 5.33. The molecule has 1 atom stereocenters. The summed E-state index contributed by atoms with van der Waals surface area (Å²) in [4.78, 5) is 0. The smallest absolute Gasteiger partial charge is 0.219 e. The first-order valence-corrected chi connectivity index (χ1v) is 6.23. The van der Waals surface area contributed by atoms with E-state index in [0.29, 0.717) is 26.8 Å². The molecule has 1 heterocycles. The van der Waals surface area contributed by atoms with E-state index >= 15 is 0 Å². The van der Waals surface area contributed by atoms with Crippen molar-refractivity contribution in [2.75, 3.05) is 7.11 Å². The normalized spacial score (nSPS) is 14.1. The van der Waals surface area contributed by atoms with E-state index in [-0.39, 0.29) is 6.54 Å². The highest BCUT2D eigenvalue weighted by Crippen LogP contribution is 2.33. The van der Waals surface area contributed by atoms with Crippen molar-refractivity contribution in [2.24, 2.45) is 5.73 Å². The number of ether oxygens (including phenoxy) is 1. The second-order valence-electron chi connectivity index (χ2n) is 4.48. The summed E-state index contributed by atoms with van der Waals surface area (Å²) in [6.45, 7) is 1.81. The van der Waals surface area contributed by atoms with E-state index in [1.807, 2.05) is 6.07 Å². The Hall–Kier alpha value is -1.48. The topological polar surface area (TPSA) is 76.9 Å². The average molecular weight is 299 g/mol. The molecular weight excluding hydrogens is 287 g/mol. The first-order valence-electron chi connectivity index (χ1n) is 5.47. The monoisotopic (exact) mass is 298 g/mol. The molecule has 0 radical (unpaired) electrons. The van der Waals surface area contributed by atoms with Gasteiger partial charge in [-0.3, -0.25) is 0 Å². The van der Waals surface area contributed by atoms with Crippen molar-refractivity contribution in [3.63, 3.8) is 0 Å². The van der Waals surface area contributed by atoms with Crippen LogP contribution < -0.4 is 10.5 Å². The number of rotatable bonds is 3. The summed E-state index contributed by atoms with van der Waals surface area (Å²) in [7, 11) is 1.52. The Labute approximate surface area is 120 Å². The molecule has 1 aromatic heterocycles. The highest BCUT2D eigenvalue weighted by Gasteiger charge is 2.23. The van der Waals surface area contributed by atoms with Crippen molar-refractivity contribution in [1.82, 2.24) is 9.78 Å². The summed E-state index contributed by atoms with van der Waals surface area (Å²) in [5, 5.41) is 14.9. The van der Waals surface area contributed by atoms with E-state index < -0.39 is 5.54 Å². The maximum absolute atomic E-state index is 8.99. The summed E-state index contributed by atoms with van der Waals surface area (Å²) in [5.41, 5.74) is 5.34. The Bertz CT molecular complexity index is 672. The largest absolute Gasteiger partial charge is 0.481 e. The zero-order valence-corrected chi connectivity index (χ0v) is 12.0. The average Bonchev–Trinajstić information content (AvgIpc) is 2.66. The van der Waals surface area contributed by atoms with Gasteiger partial charge in [-0.15, -0.1) is 0 Å². The molecule has 0 bridgehead atoms. The van der Waals surface area contributed by atoms with E-state index in [0.717, 1.165) is 0 Å². The lowest BCUT2D eigenvalue weighted by atomic mass is 10.1. The van der Waals surface area contributed by atoms with Crippen LogP contribution in [0.15, 0.2) is 12.1 Å². The lowest BCUT2D eigenvalue weighted by Crippen LogP contribution is -2.39. The first-order chi connectivity index (χ1) is 8.88. The van der Waals surface area contributed by atoms with Gasteiger partial charge in [0, 0.05) is 5.02 Å². The van der Waals surface area contributed by atoms with Gasteiger partial charge < -0.3 is 10.5 Å². The molecule has 0 aliphatic heterocycles. The minimum absolute atomic E-state index is 0.190. The molecule has 0 aliphatic rings. The number of benzene rings is 1. The molecule has 0 saturated carbocycles. The van der Waals surface area contributed by atoms with E-state index in [1.54, 1.807) is 19.1 Å². The molecule has 0 saturated heterocycles. The molecule has 19 heavy (non-hydrogen) atoms. The Morgan fingerprint density at radius 2 is 2.21 bits per heavy atom. The number of nitrogens with zero attached hydrogens (tertiary/aromatic N) is 3. The van der Waals surface area contributed by atoms with Gasteiger partial charge in [0.2, 0.25) is 5.88 Å². The van der Waals surface area contributed by atoms with Crippen LogP contribution in [0, 0.1) is 11.3 Å². The van der Waals surface area contributed by atoms with Crippen LogP contribution in [0.25, 0.3) is 10.9 Å². The van der Waals surface area contributed by atoms with Gasteiger partial charge in [-0.05, 0) is 19.1 Å². The lowest BCUT2D eigenvalue weighted by Gasteiger charge is -2.16. The zero-order chi connectivity index (χ0) is 14.2. The first kappa shape index (κ1) is 13.9. The van der Waals surface area contributed by atoms with E-state index in [4.69, 9.17) is 38.9 Å². The third-order valence-corrected chi connectivity index (χ3v) is 3.15. The van der Waals surface area contributed by atoms with Crippen LogP contribution in [0.2, 0.25) is 10.0 Å². The van der Waals surface area contributed by atoms with Crippen molar-refractivity contribution in [3.05, 3.63) is 22.2 Å². The SMILES string of the molecule is COc1c2cc(Cl)cc(Cl)c2nn1CC(C)(N)C#N. The van der Waals surface area contributed by atoms with Crippen LogP contribution >= 0.6 is 23.2 Å². The Morgan fingerprint density at radius 1 is 1.53 bits per heavy atom. The quantitative estimate of drug-likeness (QED) is 0.945. The molecule has 7 heteroatoms. The van der Waals surface area contributed by atoms with Crippen molar-refractivity contribution in [1.29, 1.82) is 5.26 Å². The van der Waals surface area contributed by atoms with Crippen LogP contribution in [0.5, 0.6) is 5.88 Å². The molecule has 2 N–H and O–H groups in total. The van der Waals surface area contributed by atoms with Crippen LogP contribution in [-0.2, 0) is 6.54 Å². The molecular formula is C12H12Cl2N4O. The fourth-order valence-corrected chi connectivity index (χ4v) is 2.34. The predicted molar refractivity (Wildman–Crippen MR) is 74.5 cm³/mol. The molecule has 1 unspecified atom stereocenters. The second kappa shape index (κ2) is 4.89. The molecule has 0 amide bonds. The van der Waals surface area contributed by atoms with E-state index in [9.17, 15) is 0 Å². The fourth-order valence-electron chi connectivity index (χ4n) is 1.80. The Balaban J connectivity index is 2.63. The van der Waals surface area contributed by atoms with Gasteiger partial charge in [-0.1, -0.05) is 23.2 Å². The number of nitriles is 1. The van der Waals surface area contributed by atoms with E-state index in [2.05, 4.69) is 5.10 Å². The number of methoxy groups -OCH3 is 1. The number of hydrogen-bond donors (Lipinski definition) is 1. The molecule has 1 aromatic carbocycles. The number of nitrogens with two attached hydrogens (primary N) is 1. The van der Waals surface area contributed by atoms with Gasteiger partial charge in [-0.25, -0.2) is 4.68 Å². The molecule has 0 aliphatic carbocycles. The Kier molecular flexibility index (Phi) is 3.59.